The van der Waals surface area contributed by atoms with E-state index >= 15 is 0 Å². The van der Waals surface area contributed by atoms with Crippen molar-refractivity contribution in [1.82, 2.24) is 10.9 Å². The van der Waals surface area contributed by atoms with Crippen molar-refractivity contribution < 1.29 is 19.2 Å². The second-order valence-corrected chi connectivity index (χ2v) is 4.24. The molecule has 0 aliphatic carbocycles. The van der Waals surface area contributed by atoms with Crippen molar-refractivity contribution in [2.24, 2.45) is 5.10 Å². The van der Waals surface area contributed by atoms with Crippen LogP contribution in [0.1, 0.15) is 26.3 Å². The second-order valence-electron chi connectivity index (χ2n) is 4.24. The number of benzene rings is 2. The third kappa shape index (κ3) is 3.74. The molecule has 7 heteroatoms. The maximum atomic E-state index is 13.4. The molecule has 0 heterocycles. The number of hydroxylamine groups is 1. The Labute approximate surface area is 125 Å². The molecule has 0 spiro atoms. The molecule has 3 N–H and O–H groups in total. The molecule has 0 fully saturated rings. The minimum absolute atomic E-state index is 0.102. The molecule has 2 amide bonds. The number of nitrogens with zero attached hydrogens (tertiary/aromatic N) is 1. The number of hydrazone groups is 1. The van der Waals surface area contributed by atoms with E-state index in [-0.39, 0.29) is 11.1 Å². The highest BCUT2D eigenvalue weighted by molar-refractivity contribution is 5.96. The smallest absolute Gasteiger partial charge is 0.274 e. The highest BCUT2D eigenvalue weighted by Gasteiger charge is 2.09. The Bertz CT molecular complexity index is 714. The molecule has 0 aliphatic rings. The number of amides is 2. The van der Waals surface area contributed by atoms with Crippen molar-refractivity contribution in [3.8, 4) is 0 Å². The second kappa shape index (κ2) is 7.09. The summed E-state index contributed by atoms with van der Waals surface area (Å²) in [6, 6.07) is 11.7. The lowest BCUT2D eigenvalue weighted by Gasteiger charge is -2.01. The highest BCUT2D eigenvalue weighted by Crippen LogP contribution is 2.06. The Morgan fingerprint density at radius 1 is 1.05 bits per heavy atom. The van der Waals surface area contributed by atoms with Crippen LogP contribution in [0.5, 0.6) is 0 Å². The number of carbonyl (C=O) groups excluding carboxylic acids is 2. The Hall–Kier alpha value is -3.06. The SMILES string of the molecule is O=C(NO)c1ccc(/C=N/NC(=O)c2ccccc2F)cc1. The van der Waals surface area contributed by atoms with Crippen molar-refractivity contribution in [3.63, 3.8) is 0 Å². The molecule has 0 aromatic heterocycles. The molecule has 0 unspecified atom stereocenters. The summed E-state index contributed by atoms with van der Waals surface area (Å²) in [5, 5.41) is 12.2. The van der Waals surface area contributed by atoms with E-state index in [2.05, 4.69) is 10.5 Å². The first kappa shape index (κ1) is 15.3. The fraction of sp³-hybridized carbons (Fsp3) is 0. The lowest BCUT2D eigenvalue weighted by atomic mass is 10.1. The van der Waals surface area contributed by atoms with Crippen LogP contribution in [0.2, 0.25) is 0 Å². The van der Waals surface area contributed by atoms with Crippen molar-refractivity contribution >= 4 is 18.0 Å². The summed E-state index contributed by atoms with van der Waals surface area (Å²) in [6.07, 6.45) is 1.35. The van der Waals surface area contributed by atoms with Gasteiger partial charge < -0.3 is 0 Å². The van der Waals surface area contributed by atoms with E-state index in [0.29, 0.717) is 5.56 Å². The first-order chi connectivity index (χ1) is 10.6. The van der Waals surface area contributed by atoms with E-state index in [1.165, 1.54) is 42.0 Å². The normalized spacial score (nSPS) is 10.5. The van der Waals surface area contributed by atoms with Crippen LogP contribution in [-0.2, 0) is 0 Å². The quantitative estimate of drug-likeness (QED) is 0.456. The van der Waals surface area contributed by atoms with Gasteiger partial charge in [0.2, 0.25) is 0 Å². The van der Waals surface area contributed by atoms with Gasteiger partial charge in [-0.05, 0) is 29.8 Å². The molecule has 0 saturated carbocycles. The topological polar surface area (TPSA) is 90.8 Å². The molecule has 0 radical (unpaired) electrons. The van der Waals surface area contributed by atoms with Gasteiger partial charge >= 0.3 is 0 Å². The monoisotopic (exact) mass is 301 g/mol. The molecule has 22 heavy (non-hydrogen) atoms. The number of nitrogens with one attached hydrogen (secondary N) is 2. The number of hydrogen-bond acceptors (Lipinski definition) is 4. The molecule has 2 rings (SSSR count). The molecular formula is C15H12FN3O3. The first-order valence-corrected chi connectivity index (χ1v) is 6.24. The summed E-state index contributed by atoms with van der Waals surface area (Å²) in [4.78, 5) is 22.8. The van der Waals surface area contributed by atoms with Crippen LogP contribution in [0, 0.1) is 5.82 Å². The van der Waals surface area contributed by atoms with Gasteiger partial charge in [-0.25, -0.2) is 15.3 Å². The van der Waals surface area contributed by atoms with E-state index in [1.54, 1.807) is 18.2 Å². The zero-order valence-electron chi connectivity index (χ0n) is 11.3. The average molecular weight is 301 g/mol. The first-order valence-electron chi connectivity index (χ1n) is 6.24. The summed E-state index contributed by atoms with van der Waals surface area (Å²) < 4.78 is 13.4. The Morgan fingerprint density at radius 2 is 1.73 bits per heavy atom. The average Bonchev–Trinajstić information content (AvgIpc) is 2.55. The number of hydrogen-bond donors (Lipinski definition) is 3. The summed E-state index contributed by atoms with van der Waals surface area (Å²) in [7, 11) is 0. The lowest BCUT2D eigenvalue weighted by Crippen LogP contribution is -2.19. The van der Waals surface area contributed by atoms with E-state index in [9.17, 15) is 14.0 Å². The van der Waals surface area contributed by atoms with Crippen LogP contribution in [0.4, 0.5) is 4.39 Å². The molecule has 0 atom stereocenters. The zero-order chi connectivity index (χ0) is 15.9. The standard InChI is InChI=1S/C15H12FN3O3/c16-13-4-2-1-3-12(13)15(21)18-17-9-10-5-7-11(8-6-10)14(20)19-22/h1-9,22H,(H,18,21)(H,19,20)/b17-9+. The molecule has 112 valence electrons. The Kier molecular flexibility index (Phi) is 4.94. The Morgan fingerprint density at radius 3 is 2.36 bits per heavy atom. The van der Waals surface area contributed by atoms with Gasteiger partial charge in [0.1, 0.15) is 5.82 Å². The van der Waals surface area contributed by atoms with Crippen molar-refractivity contribution in [2.45, 2.75) is 0 Å². The predicted octanol–water partition coefficient (Wildman–Crippen LogP) is 1.71. The summed E-state index contributed by atoms with van der Waals surface area (Å²) in [5.74, 6) is -1.92. The van der Waals surface area contributed by atoms with E-state index in [4.69, 9.17) is 5.21 Å². The van der Waals surface area contributed by atoms with Crippen molar-refractivity contribution in [1.29, 1.82) is 0 Å². The van der Waals surface area contributed by atoms with Crippen LogP contribution in [0.25, 0.3) is 0 Å². The predicted molar refractivity (Wildman–Crippen MR) is 77.2 cm³/mol. The lowest BCUT2D eigenvalue weighted by molar-refractivity contribution is 0.0706. The minimum Gasteiger partial charge on any atom is -0.288 e. The van der Waals surface area contributed by atoms with Gasteiger partial charge in [0, 0.05) is 5.56 Å². The van der Waals surface area contributed by atoms with Crippen LogP contribution in [0.3, 0.4) is 0 Å². The third-order valence-electron chi connectivity index (χ3n) is 2.77. The van der Waals surface area contributed by atoms with Gasteiger partial charge in [-0.1, -0.05) is 24.3 Å². The number of rotatable bonds is 4. The van der Waals surface area contributed by atoms with Gasteiger partial charge in [-0.3, -0.25) is 14.8 Å². The van der Waals surface area contributed by atoms with E-state index in [0.717, 1.165) is 0 Å². The van der Waals surface area contributed by atoms with Crippen molar-refractivity contribution in [2.75, 3.05) is 0 Å². The van der Waals surface area contributed by atoms with Crippen LogP contribution in [-0.4, -0.2) is 23.2 Å². The van der Waals surface area contributed by atoms with Gasteiger partial charge in [-0.2, -0.15) is 5.10 Å². The molecule has 2 aromatic carbocycles. The van der Waals surface area contributed by atoms with Gasteiger partial charge in [-0.15, -0.1) is 0 Å². The fourth-order valence-corrected chi connectivity index (χ4v) is 1.66. The Balaban J connectivity index is 1.99. The fourth-order valence-electron chi connectivity index (χ4n) is 1.66. The zero-order valence-corrected chi connectivity index (χ0v) is 11.3. The van der Waals surface area contributed by atoms with Crippen molar-refractivity contribution in [3.05, 3.63) is 71.0 Å². The molecule has 0 saturated heterocycles. The maximum absolute atomic E-state index is 13.4. The molecule has 2 aromatic rings. The highest BCUT2D eigenvalue weighted by atomic mass is 19.1. The number of halogens is 1. The molecular weight excluding hydrogens is 289 g/mol. The molecule has 6 nitrogen and oxygen atoms in total. The molecule has 0 aliphatic heterocycles. The van der Waals surface area contributed by atoms with Gasteiger partial charge in [0.15, 0.2) is 0 Å². The minimum atomic E-state index is -0.661. The molecule has 0 bridgehead atoms. The summed E-state index contributed by atoms with van der Waals surface area (Å²) in [5.41, 5.74) is 4.51. The largest absolute Gasteiger partial charge is 0.288 e. The van der Waals surface area contributed by atoms with E-state index in [1.807, 2.05) is 0 Å². The van der Waals surface area contributed by atoms with Crippen LogP contribution >= 0.6 is 0 Å². The third-order valence-corrected chi connectivity index (χ3v) is 2.77. The van der Waals surface area contributed by atoms with Gasteiger partial charge in [0.25, 0.3) is 11.8 Å². The van der Waals surface area contributed by atoms with Gasteiger partial charge in [0.05, 0.1) is 11.8 Å². The van der Waals surface area contributed by atoms with E-state index < -0.39 is 17.6 Å². The summed E-state index contributed by atoms with van der Waals surface area (Å²) >= 11 is 0. The number of carbonyl (C=O) groups is 2. The summed E-state index contributed by atoms with van der Waals surface area (Å²) in [6.45, 7) is 0. The van der Waals surface area contributed by atoms with Crippen LogP contribution < -0.4 is 10.9 Å². The maximum Gasteiger partial charge on any atom is 0.274 e. The van der Waals surface area contributed by atoms with Crippen LogP contribution in [0.15, 0.2) is 53.6 Å².